The van der Waals surface area contributed by atoms with E-state index in [9.17, 15) is 0 Å². The fourth-order valence-electron chi connectivity index (χ4n) is 9.91. The Morgan fingerprint density at radius 2 is 0.721 bits per heavy atom. The van der Waals surface area contributed by atoms with Gasteiger partial charge in [-0.25, -0.2) is 0 Å². The van der Waals surface area contributed by atoms with Gasteiger partial charge in [0.2, 0.25) is 0 Å². The van der Waals surface area contributed by atoms with Gasteiger partial charge in [0.05, 0.1) is 0 Å². The second-order valence-electron chi connectivity index (χ2n) is 18.8. The van der Waals surface area contributed by atoms with Crippen LogP contribution in [0.3, 0.4) is 0 Å². The Bertz CT molecular complexity index is 3390. The van der Waals surface area contributed by atoms with Gasteiger partial charge >= 0.3 is 0 Å². The quantitative estimate of drug-likeness (QED) is 0.156. The van der Waals surface area contributed by atoms with E-state index in [-0.39, 0.29) is 10.8 Å². The minimum atomic E-state index is 0.0125. The van der Waals surface area contributed by atoms with Gasteiger partial charge in [0.1, 0.15) is 0 Å². The lowest BCUT2D eigenvalue weighted by Gasteiger charge is -2.27. The Hall–Kier alpha value is -6.54. The lowest BCUT2D eigenvalue weighted by molar-refractivity contribution is 0.569. The van der Waals surface area contributed by atoms with Crippen molar-refractivity contribution < 1.29 is 0 Å². The van der Waals surface area contributed by atoms with Crippen LogP contribution in [0.15, 0.2) is 182 Å². The zero-order valence-corrected chi connectivity index (χ0v) is 36.5. The molecule has 0 atom stereocenters. The Morgan fingerprint density at radius 3 is 1.20 bits per heavy atom. The van der Waals surface area contributed by atoms with Crippen LogP contribution < -0.4 is 0 Å². The topological polar surface area (TPSA) is 0 Å². The van der Waals surface area contributed by atoms with E-state index in [4.69, 9.17) is 0 Å². The fourth-order valence-corrected chi connectivity index (χ4v) is 11.0. The molecule has 0 aliphatic heterocycles. The first-order valence-corrected chi connectivity index (χ1v) is 22.4. The first kappa shape index (κ1) is 37.5. The summed E-state index contributed by atoms with van der Waals surface area (Å²) in [5, 5.41) is 12.9. The molecule has 10 aromatic carbocycles. The fraction of sp³-hybridized carbons (Fsp3) is 0.133. The van der Waals surface area contributed by atoms with Crippen molar-refractivity contribution in [1.29, 1.82) is 0 Å². The highest BCUT2D eigenvalue weighted by Crippen LogP contribution is 2.50. The first-order chi connectivity index (χ1) is 29.5. The molecule has 0 aliphatic carbocycles. The van der Waals surface area contributed by atoms with Gasteiger partial charge in [-0.05, 0) is 128 Å². The van der Waals surface area contributed by atoms with Crippen molar-refractivity contribution >= 4 is 74.6 Å². The number of rotatable bonds is 4. The Morgan fingerprint density at radius 1 is 0.295 bits per heavy atom. The van der Waals surface area contributed by atoms with Crippen LogP contribution in [0, 0.1) is 0 Å². The highest BCUT2D eigenvalue weighted by atomic mass is 32.1. The van der Waals surface area contributed by atoms with Crippen molar-refractivity contribution in [3.8, 4) is 44.5 Å². The molecule has 1 heteroatoms. The largest absolute Gasteiger partial charge is 0.135 e. The van der Waals surface area contributed by atoms with Gasteiger partial charge in [-0.15, -0.1) is 11.3 Å². The number of hydrogen-bond acceptors (Lipinski definition) is 1. The minimum absolute atomic E-state index is 0.0125. The molecule has 11 aromatic rings. The maximum absolute atomic E-state index is 2.48. The summed E-state index contributed by atoms with van der Waals surface area (Å²) in [7, 11) is 0. The summed E-state index contributed by atoms with van der Waals surface area (Å²) >= 11 is 1.90. The molecule has 0 bridgehead atoms. The molecule has 0 fully saturated rings. The van der Waals surface area contributed by atoms with E-state index in [0.717, 1.165) is 0 Å². The molecule has 0 aliphatic rings. The Labute approximate surface area is 362 Å². The molecule has 0 saturated carbocycles. The second kappa shape index (κ2) is 14.0. The summed E-state index contributed by atoms with van der Waals surface area (Å²) < 4.78 is 2.61. The molecule has 1 aromatic heterocycles. The molecular weight excluding hydrogens is 753 g/mol. The van der Waals surface area contributed by atoms with Crippen LogP contribution in [0.1, 0.15) is 52.7 Å². The predicted molar refractivity (Wildman–Crippen MR) is 268 cm³/mol. The molecule has 0 saturated heterocycles. The number of thiophene rings is 1. The number of fused-ring (bicyclic) bond motifs is 7. The lowest BCUT2D eigenvalue weighted by atomic mass is 9.77. The van der Waals surface area contributed by atoms with E-state index in [0.29, 0.717) is 0 Å². The molecule has 294 valence electrons. The minimum Gasteiger partial charge on any atom is -0.135 e. The van der Waals surface area contributed by atoms with Crippen LogP contribution in [0.5, 0.6) is 0 Å². The van der Waals surface area contributed by atoms with Crippen molar-refractivity contribution in [2.24, 2.45) is 0 Å². The maximum Gasteiger partial charge on any atom is 0.0361 e. The molecule has 0 spiro atoms. The third-order valence-corrected chi connectivity index (χ3v) is 14.1. The van der Waals surface area contributed by atoms with E-state index in [1.165, 1.54) is 119 Å². The summed E-state index contributed by atoms with van der Waals surface area (Å²) in [5.74, 6) is 0. The van der Waals surface area contributed by atoms with Crippen molar-refractivity contribution in [1.82, 2.24) is 0 Å². The summed E-state index contributed by atoms with van der Waals surface area (Å²) in [5.41, 5.74) is 13.0. The van der Waals surface area contributed by atoms with Crippen LogP contribution in [0.25, 0.3) is 108 Å². The average Bonchev–Trinajstić information content (AvgIpc) is 3.65. The van der Waals surface area contributed by atoms with E-state index < -0.39 is 0 Å². The SMILES string of the molecule is CC(C)(C)c1cc(-c2c3ccccc3c(-c3cccc4sc5ccc(-c6c7ccccc7c(-c7ccccc7)c7ccccc67)cc5c34)c3ccccc23)cc(C(C)(C)C)c1. The highest BCUT2D eigenvalue weighted by molar-refractivity contribution is 7.26. The van der Waals surface area contributed by atoms with Crippen LogP contribution in [-0.2, 0) is 10.8 Å². The van der Waals surface area contributed by atoms with Crippen molar-refractivity contribution in [3.63, 3.8) is 0 Å². The van der Waals surface area contributed by atoms with Gasteiger partial charge < -0.3 is 0 Å². The molecular formula is C60H48S. The molecule has 11 rings (SSSR count). The molecule has 0 unspecified atom stereocenters. The first-order valence-electron chi connectivity index (χ1n) is 21.6. The van der Waals surface area contributed by atoms with E-state index in [1.807, 2.05) is 11.3 Å². The summed E-state index contributed by atoms with van der Waals surface area (Å²) in [6, 6.07) is 68.6. The van der Waals surface area contributed by atoms with E-state index in [1.54, 1.807) is 0 Å². The summed E-state index contributed by atoms with van der Waals surface area (Å²) in [4.78, 5) is 0. The van der Waals surface area contributed by atoms with Crippen LogP contribution in [0.4, 0.5) is 0 Å². The summed E-state index contributed by atoms with van der Waals surface area (Å²) in [6.45, 7) is 14.0. The zero-order chi connectivity index (χ0) is 41.6. The van der Waals surface area contributed by atoms with Gasteiger partial charge in [0, 0.05) is 20.2 Å². The third-order valence-electron chi connectivity index (χ3n) is 12.9. The van der Waals surface area contributed by atoms with Crippen LogP contribution >= 0.6 is 11.3 Å². The monoisotopic (exact) mass is 800 g/mol. The molecule has 0 amide bonds. The Balaban J connectivity index is 1.20. The molecule has 0 nitrogen and oxygen atoms in total. The molecule has 0 N–H and O–H groups in total. The zero-order valence-electron chi connectivity index (χ0n) is 35.7. The normalized spacial score (nSPS) is 12.4. The highest BCUT2D eigenvalue weighted by Gasteiger charge is 2.25. The van der Waals surface area contributed by atoms with E-state index in [2.05, 4.69) is 224 Å². The lowest BCUT2D eigenvalue weighted by Crippen LogP contribution is -2.16. The van der Waals surface area contributed by atoms with Gasteiger partial charge in [-0.2, -0.15) is 0 Å². The summed E-state index contributed by atoms with van der Waals surface area (Å²) in [6.07, 6.45) is 0. The third kappa shape index (κ3) is 6.09. The number of hydrogen-bond donors (Lipinski definition) is 0. The van der Waals surface area contributed by atoms with Gasteiger partial charge in [0.25, 0.3) is 0 Å². The molecule has 1 heterocycles. The molecule has 0 radical (unpaired) electrons. The smallest absolute Gasteiger partial charge is 0.0361 e. The van der Waals surface area contributed by atoms with Gasteiger partial charge in [-0.3, -0.25) is 0 Å². The van der Waals surface area contributed by atoms with E-state index >= 15 is 0 Å². The number of benzene rings is 10. The average molecular weight is 801 g/mol. The maximum atomic E-state index is 2.48. The standard InChI is InChI=1S/C60H48S/c1-59(2,3)40-33-39(34-41(36-40)60(4,5)6)56-46-25-14-16-27-48(46)57(49-28-17-15-26-47(49)56)50-29-18-30-53-58(50)51-35-38(31-32-52(51)61-53)55-44-23-12-10-21-42(44)54(37-19-8-7-9-20-37)43-22-11-13-24-45(43)55/h7-36H,1-6H3. The van der Waals surface area contributed by atoms with Crippen molar-refractivity contribution in [2.45, 2.75) is 52.4 Å². The predicted octanol–water partition coefficient (Wildman–Crippen LogP) is 17.9. The van der Waals surface area contributed by atoms with Crippen LogP contribution in [-0.4, -0.2) is 0 Å². The van der Waals surface area contributed by atoms with Crippen molar-refractivity contribution in [2.75, 3.05) is 0 Å². The molecule has 61 heavy (non-hydrogen) atoms. The Kier molecular flexibility index (Phi) is 8.61. The second-order valence-corrected chi connectivity index (χ2v) is 19.9. The van der Waals surface area contributed by atoms with Gasteiger partial charge in [-0.1, -0.05) is 205 Å². The van der Waals surface area contributed by atoms with Crippen molar-refractivity contribution in [3.05, 3.63) is 193 Å². The van der Waals surface area contributed by atoms with Crippen LogP contribution in [0.2, 0.25) is 0 Å². The van der Waals surface area contributed by atoms with Gasteiger partial charge in [0.15, 0.2) is 0 Å².